The van der Waals surface area contributed by atoms with Crippen LogP contribution in [-0.2, 0) is 9.47 Å². The highest BCUT2D eigenvalue weighted by Gasteiger charge is 2.30. The summed E-state index contributed by atoms with van der Waals surface area (Å²) in [6.07, 6.45) is 5.26. The van der Waals surface area contributed by atoms with Crippen LogP contribution in [-0.4, -0.2) is 81.6 Å². The summed E-state index contributed by atoms with van der Waals surface area (Å²) < 4.78 is 10.3. The number of aromatic nitrogens is 4. The third-order valence-corrected chi connectivity index (χ3v) is 5.14. The van der Waals surface area contributed by atoms with Gasteiger partial charge in [0.15, 0.2) is 0 Å². The van der Waals surface area contributed by atoms with E-state index in [-0.39, 0.29) is 47.9 Å². The summed E-state index contributed by atoms with van der Waals surface area (Å²) in [7, 11) is 0. The smallest absolute Gasteiger partial charge is 0.407 e. The van der Waals surface area contributed by atoms with Crippen molar-refractivity contribution < 1.29 is 19.1 Å². The Morgan fingerprint density at radius 2 is 1.14 bits per heavy atom. The van der Waals surface area contributed by atoms with Crippen molar-refractivity contribution in [3.63, 3.8) is 0 Å². The van der Waals surface area contributed by atoms with Gasteiger partial charge in [-0.1, -0.05) is 64.5 Å². The molecule has 2 fully saturated rings. The molecule has 43 heavy (non-hydrogen) atoms. The second-order valence-corrected chi connectivity index (χ2v) is 11.8. The summed E-state index contributed by atoms with van der Waals surface area (Å²) in [5.41, 5.74) is -0.882. The minimum Gasteiger partial charge on any atom is -0.444 e. The Morgan fingerprint density at radius 1 is 0.744 bits per heavy atom. The van der Waals surface area contributed by atoms with Gasteiger partial charge in [0.2, 0.25) is 0 Å². The van der Waals surface area contributed by atoms with Crippen LogP contribution in [0.5, 0.6) is 0 Å². The molecule has 0 bridgehead atoms. The van der Waals surface area contributed by atoms with E-state index in [1.165, 1.54) is 18.6 Å². The van der Waals surface area contributed by atoms with E-state index in [0.717, 1.165) is 18.9 Å². The molecule has 3 N–H and O–H groups in total. The second-order valence-electron chi connectivity index (χ2n) is 10.6. The number of amides is 2. The van der Waals surface area contributed by atoms with Gasteiger partial charge in [0.25, 0.3) is 0 Å². The van der Waals surface area contributed by atoms with Crippen LogP contribution in [0.15, 0.2) is 24.8 Å². The average molecular weight is 670 g/mol. The van der Waals surface area contributed by atoms with Crippen molar-refractivity contribution in [2.24, 2.45) is 0 Å². The number of rotatable bonds is 3. The van der Waals surface area contributed by atoms with Crippen LogP contribution in [0.2, 0.25) is 15.5 Å². The van der Waals surface area contributed by atoms with Gasteiger partial charge in [-0.3, -0.25) is 9.97 Å². The Morgan fingerprint density at radius 3 is 1.47 bits per heavy atom. The summed E-state index contributed by atoms with van der Waals surface area (Å²) in [4.78, 5) is 40.1. The zero-order valence-corrected chi connectivity index (χ0v) is 25.1. The average Bonchev–Trinajstić information content (AvgIpc) is 2.71. The maximum atomic E-state index is 11.6. The summed E-state index contributed by atoms with van der Waals surface area (Å²) in [6, 6.07) is 0.315. The van der Waals surface area contributed by atoms with Gasteiger partial charge in [-0.15, -0.1) is 0 Å². The Labute approximate surface area is 273 Å². The monoisotopic (exact) mass is 668 g/mol. The van der Waals surface area contributed by atoms with Gasteiger partial charge >= 0.3 is 12.2 Å². The molecule has 0 aromatic carbocycles. The van der Waals surface area contributed by atoms with E-state index < -0.39 is 17.3 Å². The Bertz CT molecular complexity index is 1070. The molecule has 0 saturated carbocycles. The minimum absolute atomic E-state index is 0. The van der Waals surface area contributed by atoms with Crippen molar-refractivity contribution in [2.45, 2.75) is 94.5 Å². The molecule has 0 unspecified atom stereocenters. The molecule has 2 aliphatic heterocycles. The summed E-state index contributed by atoms with van der Waals surface area (Å²) in [5, 5.41) is 9.61. The van der Waals surface area contributed by atoms with E-state index in [1.807, 2.05) is 46.4 Å². The molecule has 15 heteroatoms. The van der Waals surface area contributed by atoms with Gasteiger partial charge in [-0.2, -0.15) is 0 Å². The number of ether oxygens (including phenoxy) is 2. The topological polar surface area (TPSA) is 143 Å². The molecule has 2 aromatic heterocycles. The molecule has 0 radical (unpaired) electrons. The van der Waals surface area contributed by atoms with Gasteiger partial charge in [0.05, 0.1) is 36.9 Å². The number of nitrogens with one attached hydrogen (secondary N) is 3. The van der Waals surface area contributed by atoms with E-state index in [2.05, 4.69) is 35.9 Å². The summed E-state index contributed by atoms with van der Waals surface area (Å²) >= 11 is 16.5. The molecule has 4 heterocycles. The SMILES string of the molecule is C.C.C.C.CC(C)(C)OC(=O)NC1CN(c2cncc(Cl)n2)C1.CC(C)(C)OC(=O)NC1CNC1.Clc1cncc(Cl)n1. The lowest BCUT2D eigenvalue weighted by Gasteiger charge is -2.40. The van der Waals surface area contributed by atoms with E-state index >= 15 is 0 Å². The molecular formula is C28H51Cl3N8O4. The highest BCUT2D eigenvalue weighted by atomic mass is 35.5. The highest BCUT2D eigenvalue weighted by molar-refractivity contribution is 6.32. The first-order valence-electron chi connectivity index (χ1n) is 12.1. The Hall–Kier alpha value is -2.67. The van der Waals surface area contributed by atoms with Crippen LogP contribution in [0.1, 0.15) is 71.2 Å². The lowest BCUT2D eigenvalue weighted by molar-refractivity contribution is 0.0479. The quantitative estimate of drug-likeness (QED) is 0.325. The molecule has 12 nitrogen and oxygen atoms in total. The number of anilines is 1. The van der Waals surface area contributed by atoms with Crippen molar-refractivity contribution in [1.82, 2.24) is 35.9 Å². The van der Waals surface area contributed by atoms with Crippen molar-refractivity contribution in [3.8, 4) is 0 Å². The Balaban J connectivity index is -0.000000580. The third kappa shape index (κ3) is 19.3. The van der Waals surface area contributed by atoms with Crippen LogP contribution >= 0.6 is 34.8 Å². The maximum absolute atomic E-state index is 11.6. The molecule has 248 valence electrons. The number of carbonyl (C=O) groups is 2. The van der Waals surface area contributed by atoms with Gasteiger partial charge < -0.3 is 30.3 Å². The van der Waals surface area contributed by atoms with Crippen molar-refractivity contribution in [2.75, 3.05) is 31.1 Å². The number of halogens is 3. The fourth-order valence-electron chi connectivity index (χ4n) is 2.90. The normalized spacial score (nSPS) is 13.8. The van der Waals surface area contributed by atoms with Crippen molar-refractivity contribution >= 4 is 52.8 Å². The van der Waals surface area contributed by atoms with Gasteiger partial charge in [0, 0.05) is 26.2 Å². The number of carbonyl (C=O) groups excluding carboxylic acids is 2. The highest BCUT2D eigenvalue weighted by Crippen LogP contribution is 2.19. The fraction of sp³-hybridized carbons (Fsp3) is 0.643. The molecule has 2 amide bonds. The first-order valence-corrected chi connectivity index (χ1v) is 13.3. The molecule has 0 aliphatic carbocycles. The van der Waals surface area contributed by atoms with Crippen LogP contribution in [0.25, 0.3) is 0 Å². The number of alkyl carbamates (subject to hydrolysis) is 2. The standard InChI is InChI=1S/C12H17ClN4O2.C8H16N2O2.C4H2Cl2N2.4CH4/c1-12(2,3)19-11(18)15-8-6-17(7-8)10-5-14-4-9(13)16-10;1-8(2,3)12-7(11)10-6-4-9-5-6;5-3-1-7-2-4(6)8-3;;;;/h4-5,8H,6-7H2,1-3H3,(H,15,18);6,9H,4-5H2,1-3H3,(H,10,11);1-2H;4*1H4. The van der Waals surface area contributed by atoms with Crippen molar-refractivity contribution in [3.05, 3.63) is 40.2 Å². The Kier molecular flexibility index (Phi) is 21.2. The molecule has 2 aliphatic rings. The maximum Gasteiger partial charge on any atom is 0.407 e. The fourth-order valence-corrected chi connectivity index (χ4v) is 3.38. The van der Waals surface area contributed by atoms with E-state index in [0.29, 0.717) is 28.5 Å². The molecular weight excluding hydrogens is 619 g/mol. The third-order valence-electron chi connectivity index (χ3n) is 4.60. The van der Waals surface area contributed by atoms with Crippen LogP contribution < -0.4 is 20.9 Å². The minimum atomic E-state index is -0.480. The number of nitrogens with zero attached hydrogens (tertiary/aromatic N) is 5. The van der Waals surface area contributed by atoms with Crippen LogP contribution in [0.3, 0.4) is 0 Å². The molecule has 4 rings (SSSR count). The van der Waals surface area contributed by atoms with Gasteiger partial charge in [0.1, 0.15) is 32.5 Å². The largest absolute Gasteiger partial charge is 0.444 e. The zero-order chi connectivity index (χ0) is 29.2. The molecule has 0 atom stereocenters. The van der Waals surface area contributed by atoms with E-state index in [4.69, 9.17) is 44.3 Å². The van der Waals surface area contributed by atoms with E-state index in [9.17, 15) is 9.59 Å². The van der Waals surface area contributed by atoms with E-state index in [1.54, 1.807) is 6.20 Å². The first kappa shape index (κ1) is 44.8. The molecule has 0 spiro atoms. The first-order chi connectivity index (χ1) is 18.1. The number of hydrogen-bond acceptors (Lipinski definition) is 10. The predicted molar refractivity (Wildman–Crippen MR) is 177 cm³/mol. The molecule has 2 aromatic rings. The van der Waals surface area contributed by atoms with Crippen molar-refractivity contribution in [1.29, 1.82) is 0 Å². The van der Waals surface area contributed by atoms with Crippen LogP contribution in [0.4, 0.5) is 15.4 Å². The van der Waals surface area contributed by atoms with Crippen LogP contribution in [0, 0.1) is 0 Å². The van der Waals surface area contributed by atoms with Gasteiger partial charge in [-0.05, 0) is 41.5 Å². The summed E-state index contributed by atoms with van der Waals surface area (Å²) in [5.74, 6) is 0.717. The lowest BCUT2D eigenvalue weighted by atomic mass is 10.1. The second kappa shape index (κ2) is 20.3. The predicted octanol–water partition coefficient (Wildman–Crippen LogP) is 6.65. The van der Waals surface area contributed by atoms with Gasteiger partial charge in [-0.25, -0.2) is 19.6 Å². The molecule has 2 saturated heterocycles. The zero-order valence-electron chi connectivity index (χ0n) is 22.8. The number of hydrogen-bond donors (Lipinski definition) is 3. The lowest BCUT2D eigenvalue weighted by Crippen LogP contribution is -2.60. The summed E-state index contributed by atoms with van der Waals surface area (Å²) in [6.45, 7) is 14.1.